The van der Waals surface area contributed by atoms with Gasteiger partial charge in [0, 0.05) is 5.69 Å². The van der Waals surface area contributed by atoms with Crippen molar-refractivity contribution < 1.29 is 9.59 Å². The van der Waals surface area contributed by atoms with Crippen LogP contribution in [0, 0.1) is 11.3 Å². The topological polar surface area (TPSA) is 87.2 Å². The number of thioether (sulfide) groups is 1. The summed E-state index contributed by atoms with van der Waals surface area (Å²) in [5, 5.41) is 9.90. The van der Waals surface area contributed by atoms with Crippen molar-refractivity contribution in [2.75, 3.05) is 4.90 Å². The van der Waals surface area contributed by atoms with Crippen LogP contribution in [0.1, 0.15) is 5.56 Å². The van der Waals surface area contributed by atoms with Crippen LogP contribution in [-0.2, 0) is 16.0 Å². The monoisotopic (exact) mass is 417 g/mol. The smallest absolute Gasteiger partial charge is 0.262 e. The molecule has 1 saturated heterocycles. The van der Waals surface area contributed by atoms with Crippen LogP contribution in [0.15, 0.2) is 59.1 Å². The Kier molecular flexibility index (Phi) is 5.76. The molecule has 2 aromatic rings. The second-order valence-corrected chi connectivity index (χ2v) is 7.73. The van der Waals surface area contributed by atoms with Crippen LogP contribution in [0.5, 0.6) is 0 Å². The van der Waals surface area contributed by atoms with Crippen molar-refractivity contribution in [3.05, 3.63) is 74.7 Å². The van der Waals surface area contributed by atoms with Gasteiger partial charge in [0.2, 0.25) is 5.91 Å². The SMILES string of the molecule is N#C/C(C(N)=O)=C1/S[C@H](Cc2ccc(Cl)c(Cl)c2)C(=O)N1c1ccccc1. The number of nitrogens with zero attached hydrogens (tertiary/aromatic N) is 2. The molecule has 0 unspecified atom stereocenters. The number of anilines is 1. The first-order valence-electron chi connectivity index (χ1n) is 7.86. The number of nitriles is 1. The van der Waals surface area contributed by atoms with E-state index in [4.69, 9.17) is 28.9 Å². The van der Waals surface area contributed by atoms with Crippen LogP contribution in [0.4, 0.5) is 5.69 Å². The number of hydrogen-bond acceptors (Lipinski definition) is 4. The molecule has 2 N–H and O–H groups in total. The van der Waals surface area contributed by atoms with Gasteiger partial charge in [0.15, 0.2) is 0 Å². The fraction of sp³-hybridized carbons (Fsp3) is 0.105. The average Bonchev–Trinajstić information content (AvgIpc) is 2.95. The molecule has 0 radical (unpaired) electrons. The van der Waals surface area contributed by atoms with Gasteiger partial charge in [-0.05, 0) is 36.2 Å². The van der Waals surface area contributed by atoms with Crippen molar-refractivity contribution in [2.24, 2.45) is 5.73 Å². The maximum absolute atomic E-state index is 13.1. The van der Waals surface area contributed by atoms with E-state index in [1.54, 1.807) is 42.5 Å². The van der Waals surface area contributed by atoms with Crippen LogP contribution in [-0.4, -0.2) is 17.1 Å². The van der Waals surface area contributed by atoms with E-state index in [0.29, 0.717) is 22.2 Å². The molecule has 1 aliphatic rings. The summed E-state index contributed by atoms with van der Waals surface area (Å²) < 4.78 is 0. The molecular weight excluding hydrogens is 405 g/mol. The molecule has 2 aromatic carbocycles. The van der Waals surface area contributed by atoms with E-state index in [1.165, 1.54) is 4.90 Å². The summed E-state index contributed by atoms with van der Waals surface area (Å²) in [6, 6.07) is 15.8. The van der Waals surface area contributed by atoms with Gasteiger partial charge in [-0.3, -0.25) is 14.5 Å². The molecule has 0 aliphatic carbocycles. The van der Waals surface area contributed by atoms with E-state index in [9.17, 15) is 14.9 Å². The van der Waals surface area contributed by atoms with Crippen LogP contribution in [0.25, 0.3) is 0 Å². The first-order valence-corrected chi connectivity index (χ1v) is 9.49. The maximum Gasteiger partial charge on any atom is 0.262 e. The van der Waals surface area contributed by atoms with Gasteiger partial charge in [-0.1, -0.05) is 59.2 Å². The van der Waals surface area contributed by atoms with Crippen molar-refractivity contribution in [1.82, 2.24) is 0 Å². The molecule has 8 heteroatoms. The lowest BCUT2D eigenvalue weighted by Gasteiger charge is -2.18. The van der Waals surface area contributed by atoms with Gasteiger partial charge in [-0.2, -0.15) is 5.26 Å². The second-order valence-electron chi connectivity index (χ2n) is 5.72. The first-order chi connectivity index (χ1) is 12.9. The molecule has 5 nitrogen and oxygen atoms in total. The molecule has 27 heavy (non-hydrogen) atoms. The summed E-state index contributed by atoms with van der Waals surface area (Å²) in [6.07, 6.45) is 0.366. The average molecular weight is 418 g/mol. The lowest BCUT2D eigenvalue weighted by atomic mass is 10.1. The quantitative estimate of drug-likeness (QED) is 0.603. The van der Waals surface area contributed by atoms with Crippen molar-refractivity contribution in [2.45, 2.75) is 11.7 Å². The number of benzene rings is 2. The second kappa shape index (κ2) is 8.05. The number of para-hydroxylation sites is 1. The minimum Gasteiger partial charge on any atom is -0.365 e. The zero-order valence-corrected chi connectivity index (χ0v) is 16.2. The molecule has 0 saturated carbocycles. The first kappa shape index (κ1) is 19.3. The largest absolute Gasteiger partial charge is 0.365 e. The fourth-order valence-electron chi connectivity index (χ4n) is 2.69. The van der Waals surface area contributed by atoms with E-state index < -0.39 is 11.2 Å². The number of halogens is 2. The summed E-state index contributed by atoms with van der Waals surface area (Å²) in [5.74, 6) is -1.11. The standard InChI is InChI=1S/C19H13Cl2N3O2S/c20-14-7-6-11(8-15(14)21)9-16-18(26)24(12-4-2-1-3-5-12)19(27-16)13(10-22)17(23)25/h1-8,16H,9H2,(H2,23,25)/b19-13-/t16-/m1/s1. The van der Waals surface area contributed by atoms with E-state index in [0.717, 1.165) is 17.3 Å². The minimum atomic E-state index is -0.871. The van der Waals surface area contributed by atoms with Gasteiger partial charge in [0.05, 0.1) is 15.3 Å². The minimum absolute atomic E-state index is 0.235. The molecule has 3 rings (SSSR count). The van der Waals surface area contributed by atoms with Crippen LogP contribution in [0.2, 0.25) is 10.0 Å². The summed E-state index contributed by atoms with van der Waals surface area (Å²) in [5.41, 5.74) is 6.49. The summed E-state index contributed by atoms with van der Waals surface area (Å²) in [4.78, 5) is 26.1. The van der Waals surface area contributed by atoms with Gasteiger partial charge in [0.25, 0.3) is 5.91 Å². The number of carbonyl (C=O) groups is 2. The van der Waals surface area contributed by atoms with Crippen LogP contribution < -0.4 is 10.6 Å². The van der Waals surface area contributed by atoms with E-state index in [2.05, 4.69) is 0 Å². The Morgan fingerprint density at radius 2 is 1.89 bits per heavy atom. The van der Waals surface area contributed by atoms with Gasteiger partial charge < -0.3 is 5.73 Å². The third-order valence-corrected chi connectivity index (χ3v) is 5.95. The highest BCUT2D eigenvalue weighted by atomic mass is 35.5. The van der Waals surface area contributed by atoms with Crippen LogP contribution in [0.3, 0.4) is 0 Å². The molecule has 136 valence electrons. The highest BCUT2D eigenvalue weighted by Gasteiger charge is 2.40. The normalized spacial score (nSPS) is 18.3. The molecule has 0 bridgehead atoms. The number of carbonyl (C=O) groups excluding carboxylic acids is 2. The molecule has 0 spiro atoms. The van der Waals surface area contributed by atoms with Gasteiger partial charge in [-0.15, -0.1) is 0 Å². The highest BCUT2D eigenvalue weighted by molar-refractivity contribution is 8.05. The fourth-order valence-corrected chi connectivity index (χ4v) is 4.33. The third-order valence-electron chi connectivity index (χ3n) is 3.94. The molecule has 0 aromatic heterocycles. The lowest BCUT2D eigenvalue weighted by Crippen LogP contribution is -2.31. The summed E-state index contributed by atoms with van der Waals surface area (Å²) >= 11 is 13.1. The number of hydrogen-bond donors (Lipinski definition) is 1. The third kappa shape index (κ3) is 3.96. The Bertz CT molecular complexity index is 986. The Labute approximate surface area is 170 Å². The molecule has 2 amide bonds. The molecule has 1 atom stereocenters. The van der Waals surface area contributed by atoms with Crippen molar-refractivity contribution in [1.29, 1.82) is 5.26 Å². The Hall–Kier alpha value is -2.46. The van der Waals surface area contributed by atoms with Gasteiger partial charge in [-0.25, -0.2) is 0 Å². The highest BCUT2D eigenvalue weighted by Crippen LogP contribution is 2.42. The van der Waals surface area contributed by atoms with Gasteiger partial charge >= 0.3 is 0 Å². The number of primary amides is 1. The number of nitrogens with two attached hydrogens (primary N) is 1. The maximum atomic E-state index is 13.1. The number of amides is 2. The predicted octanol–water partition coefficient (Wildman–Crippen LogP) is 3.90. The van der Waals surface area contributed by atoms with E-state index >= 15 is 0 Å². The Morgan fingerprint density at radius 1 is 1.19 bits per heavy atom. The van der Waals surface area contributed by atoms with E-state index in [-0.39, 0.29) is 16.5 Å². The van der Waals surface area contributed by atoms with E-state index in [1.807, 2.05) is 12.1 Å². The van der Waals surface area contributed by atoms with Crippen molar-refractivity contribution >= 4 is 52.5 Å². The molecule has 1 aliphatic heterocycles. The molecule has 1 fully saturated rings. The summed E-state index contributed by atoms with van der Waals surface area (Å²) in [7, 11) is 0. The lowest BCUT2D eigenvalue weighted by molar-refractivity contribution is -0.117. The Morgan fingerprint density at radius 3 is 2.48 bits per heavy atom. The van der Waals surface area contributed by atoms with Crippen molar-refractivity contribution in [3.8, 4) is 6.07 Å². The zero-order valence-electron chi connectivity index (χ0n) is 13.9. The zero-order chi connectivity index (χ0) is 19.6. The van der Waals surface area contributed by atoms with Crippen LogP contribution >= 0.6 is 35.0 Å². The van der Waals surface area contributed by atoms with Crippen molar-refractivity contribution in [3.63, 3.8) is 0 Å². The number of rotatable bonds is 4. The van der Waals surface area contributed by atoms with Gasteiger partial charge in [0.1, 0.15) is 16.7 Å². The molecular formula is C19H13Cl2N3O2S. The Balaban J connectivity index is 2.01. The predicted molar refractivity (Wildman–Crippen MR) is 107 cm³/mol. The molecule has 1 heterocycles. The summed E-state index contributed by atoms with van der Waals surface area (Å²) in [6.45, 7) is 0.